The highest BCUT2D eigenvalue weighted by atomic mass is 19.1. The molecule has 0 amide bonds. The number of halogens is 2. The summed E-state index contributed by atoms with van der Waals surface area (Å²) < 4.78 is 26.9. The van der Waals surface area contributed by atoms with Crippen LogP contribution in [0.1, 0.15) is 29.8 Å². The van der Waals surface area contributed by atoms with Gasteiger partial charge in [0.05, 0.1) is 11.5 Å². The van der Waals surface area contributed by atoms with Gasteiger partial charge in [-0.15, -0.1) is 0 Å². The highest BCUT2D eigenvalue weighted by Crippen LogP contribution is 2.21. The number of hydrogen-bond acceptors (Lipinski definition) is 2. The average Bonchev–Trinajstić information content (AvgIpc) is 2.30. The van der Waals surface area contributed by atoms with E-state index in [0.717, 1.165) is 12.1 Å². The Morgan fingerprint density at radius 3 is 2.17 bits per heavy atom. The van der Waals surface area contributed by atoms with Gasteiger partial charge in [-0.25, -0.2) is 8.78 Å². The van der Waals surface area contributed by atoms with Crippen molar-refractivity contribution in [3.63, 3.8) is 0 Å². The summed E-state index contributed by atoms with van der Waals surface area (Å²) in [5, 5.41) is 8.80. The van der Waals surface area contributed by atoms with E-state index in [4.69, 9.17) is 5.11 Å². The van der Waals surface area contributed by atoms with Crippen LogP contribution in [0.4, 0.5) is 8.78 Å². The van der Waals surface area contributed by atoms with Crippen LogP contribution in [-0.2, 0) is 4.79 Å². The molecule has 1 aromatic rings. The van der Waals surface area contributed by atoms with Gasteiger partial charge in [0.1, 0.15) is 11.6 Å². The van der Waals surface area contributed by atoms with Crippen molar-refractivity contribution < 1.29 is 23.5 Å². The minimum atomic E-state index is -1.15. The molecule has 1 aromatic carbocycles. The van der Waals surface area contributed by atoms with Gasteiger partial charge in [0.2, 0.25) is 0 Å². The molecule has 0 radical (unpaired) electrons. The number of rotatable bonds is 4. The van der Waals surface area contributed by atoms with E-state index in [1.807, 2.05) is 0 Å². The number of ketones is 1. The Hall–Kier alpha value is -1.78. The van der Waals surface area contributed by atoms with E-state index in [9.17, 15) is 18.4 Å². The molecule has 0 saturated heterocycles. The lowest BCUT2D eigenvalue weighted by Crippen LogP contribution is -2.26. The predicted molar refractivity (Wildman–Crippen MR) is 61.4 cm³/mol. The molecule has 98 valence electrons. The molecule has 0 fully saturated rings. The number of carboxylic acid groups (broad SMARTS) is 1. The molecule has 2 unspecified atom stereocenters. The van der Waals surface area contributed by atoms with E-state index in [1.54, 1.807) is 0 Å². The minimum absolute atomic E-state index is 0.1000. The predicted octanol–water partition coefficient (Wildman–Crippen LogP) is 2.81. The van der Waals surface area contributed by atoms with Crippen LogP contribution in [0.3, 0.4) is 0 Å². The van der Waals surface area contributed by atoms with Gasteiger partial charge in [0.25, 0.3) is 0 Å². The third-order valence-corrected chi connectivity index (χ3v) is 3.07. The number of hydrogen-bond donors (Lipinski definition) is 1. The standard InChI is InChI=1S/C13H14F2O3/c1-6-4-11(15)9(5-10(6)14)12(16)7(2)8(3)13(17)18/h4-5,7-8H,1-3H3,(H,17,18). The summed E-state index contributed by atoms with van der Waals surface area (Å²) in [5.41, 5.74) is -0.304. The zero-order chi connectivity index (χ0) is 14.0. The molecule has 0 aliphatic carbocycles. The molecule has 0 heterocycles. The first-order valence-electron chi connectivity index (χ1n) is 5.48. The summed E-state index contributed by atoms with van der Waals surface area (Å²) in [7, 11) is 0. The second-order valence-electron chi connectivity index (χ2n) is 4.36. The van der Waals surface area contributed by atoms with E-state index in [2.05, 4.69) is 0 Å². The van der Waals surface area contributed by atoms with Crippen molar-refractivity contribution in [1.29, 1.82) is 0 Å². The van der Waals surface area contributed by atoms with Gasteiger partial charge in [-0.2, -0.15) is 0 Å². The first-order chi connectivity index (χ1) is 8.25. The van der Waals surface area contributed by atoms with Crippen molar-refractivity contribution >= 4 is 11.8 Å². The maximum Gasteiger partial charge on any atom is 0.306 e. The molecule has 18 heavy (non-hydrogen) atoms. The summed E-state index contributed by atoms with van der Waals surface area (Å²) in [4.78, 5) is 22.7. The molecule has 0 aliphatic rings. The maximum atomic E-state index is 13.6. The Labute approximate surface area is 103 Å². The first-order valence-corrected chi connectivity index (χ1v) is 5.48. The van der Waals surface area contributed by atoms with Crippen LogP contribution in [0.5, 0.6) is 0 Å². The van der Waals surface area contributed by atoms with Crippen molar-refractivity contribution in [3.8, 4) is 0 Å². The van der Waals surface area contributed by atoms with Crippen LogP contribution in [-0.4, -0.2) is 16.9 Å². The lowest BCUT2D eigenvalue weighted by molar-refractivity contribution is -0.142. The van der Waals surface area contributed by atoms with Crippen LogP contribution in [0.2, 0.25) is 0 Å². The third kappa shape index (κ3) is 2.72. The number of carbonyl (C=O) groups excluding carboxylic acids is 1. The molecular weight excluding hydrogens is 242 g/mol. The Bertz CT molecular complexity index is 497. The quantitative estimate of drug-likeness (QED) is 0.843. The molecule has 3 nitrogen and oxygen atoms in total. The molecule has 1 rings (SSSR count). The summed E-state index contributed by atoms with van der Waals surface area (Å²) >= 11 is 0. The largest absolute Gasteiger partial charge is 0.481 e. The van der Waals surface area contributed by atoms with Gasteiger partial charge in [-0.05, 0) is 24.6 Å². The Morgan fingerprint density at radius 2 is 1.67 bits per heavy atom. The van der Waals surface area contributed by atoms with Crippen LogP contribution in [0.15, 0.2) is 12.1 Å². The van der Waals surface area contributed by atoms with Gasteiger partial charge in [0, 0.05) is 5.92 Å². The molecule has 0 aromatic heterocycles. The summed E-state index contributed by atoms with van der Waals surface area (Å²) in [6.45, 7) is 4.13. The zero-order valence-electron chi connectivity index (χ0n) is 10.3. The van der Waals surface area contributed by atoms with Gasteiger partial charge in [0.15, 0.2) is 5.78 Å². The minimum Gasteiger partial charge on any atom is -0.481 e. The van der Waals surface area contributed by atoms with E-state index in [-0.39, 0.29) is 5.56 Å². The SMILES string of the molecule is Cc1cc(F)c(C(=O)C(C)C(C)C(=O)O)cc1F. The molecule has 0 aliphatic heterocycles. The van der Waals surface area contributed by atoms with Crippen LogP contribution in [0, 0.1) is 30.4 Å². The molecule has 0 bridgehead atoms. The van der Waals surface area contributed by atoms with E-state index in [1.165, 1.54) is 20.8 Å². The zero-order valence-corrected chi connectivity index (χ0v) is 10.3. The molecule has 1 N–H and O–H groups in total. The lowest BCUT2D eigenvalue weighted by Gasteiger charge is -2.15. The van der Waals surface area contributed by atoms with Crippen molar-refractivity contribution in [1.82, 2.24) is 0 Å². The molecule has 0 saturated carbocycles. The van der Waals surface area contributed by atoms with Crippen LogP contribution < -0.4 is 0 Å². The van der Waals surface area contributed by atoms with E-state index < -0.39 is 40.8 Å². The molecule has 2 atom stereocenters. The van der Waals surface area contributed by atoms with Gasteiger partial charge >= 0.3 is 5.97 Å². The maximum absolute atomic E-state index is 13.6. The number of aryl methyl sites for hydroxylation is 1. The summed E-state index contributed by atoms with van der Waals surface area (Å²) in [6.07, 6.45) is 0. The average molecular weight is 256 g/mol. The first kappa shape index (κ1) is 14.3. The third-order valence-electron chi connectivity index (χ3n) is 3.07. The van der Waals surface area contributed by atoms with Gasteiger partial charge < -0.3 is 5.11 Å². The Kier molecular flexibility index (Phi) is 4.16. The van der Waals surface area contributed by atoms with Crippen LogP contribution >= 0.6 is 0 Å². The highest BCUT2D eigenvalue weighted by Gasteiger charge is 2.28. The second kappa shape index (κ2) is 5.25. The normalized spacial score (nSPS) is 14.1. The summed E-state index contributed by atoms with van der Waals surface area (Å²) in [5.74, 6) is -5.25. The van der Waals surface area contributed by atoms with Gasteiger partial charge in [-0.1, -0.05) is 13.8 Å². The number of carboxylic acids is 1. The Morgan fingerprint density at radius 1 is 1.11 bits per heavy atom. The fraction of sp³-hybridized carbons (Fsp3) is 0.385. The monoisotopic (exact) mass is 256 g/mol. The highest BCUT2D eigenvalue weighted by molar-refractivity contribution is 5.99. The van der Waals surface area contributed by atoms with Crippen LogP contribution in [0.25, 0.3) is 0 Å². The molecular formula is C13H14F2O3. The van der Waals surface area contributed by atoms with E-state index in [0.29, 0.717) is 0 Å². The van der Waals surface area contributed by atoms with Gasteiger partial charge in [-0.3, -0.25) is 9.59 Å². The number of benzene rings is 1. The van der Waals surface area contributed by atoms with Crippen molar-refractivity contribution in [2.24, 2.45) is 11.8 Å². The van der Waals surface area contributed by atoms with Crippen molar-refractivity contribution in [2.75, 3.05) is 0 Å². The second-order valence-corrected chi connectivity index (χ2v) is 4.36. The fourth-order valence-corrected chi connectivity index (χ4v) is 1.52. The number of carbonyl (C=O) groups is 2. The molecule has 0 spiro atoms. The smallest absolute Gasteiger partial charge is 0.306 e. The lowest BCUT2D eigenvalue weighted by atomic mass is 9.88. The molecule has 5 heteroatoms. The topological polar surface area (TPSA) is 54.4 Å². The fourth-order valence-electron chi connectivity index (χ4n) is 1.52. The van der Waals surface area contributed by atoms with Crippen molar-refractivity contribution in [2.45, 2.75) is 20.8 Å². The van der Waals surface area contributed by atoms with Crippen molar-refractivity contribution in [3.05, 3.63) is 34.9 Å². The van der Waals surface area contributed by atoms with E-state index >= 15 is 0 Å². The number of Topliss-reactive ketones (excluding diaryl/α,β-unsaturated/α-hetero) is 1. The Balaban J connectivity index is 3.11. The number of aliphatic carboxylic acids is 1. The summed E-state index contributed by atoms with van der Waals surface area (Å²) in [6, 6.07) is 1.75.